The van der Waals surface area contributed by atoms with Crippen LogP contribution in [0.3, 0.4) is 0 Å². The Morgan fingerprint density at radius 1 is 0.944 bits per heavy atom. The van der Waals surface area contributed by atoms with E-state index in [4.69, 9.17) is 28.7 Å². The first kappa shape index (κ1) is 23.6. The van der Waals surface area contributed by atoms with Crippen molar-refractivity contribution >= 4 is 22.8 Å². The van der Waals surface area contributed by atoms with Gasteiger partial charge < -0.3 is 23.7 Å². The summed E-state index contributed by atoms with van der Waals surface area (Å²) in [7, 11) is 0. The van der Waals surface area contributed by atoms with Crippen molar-refractivity contribution in [2.45, 2.75) is 56.9 Å². The summed E-state index contributed by atoms with van der Waals surface area (Å²) in [6.45, 7) is 4.66. The van der Waals surface area contributed by atoms with Gasteiger partial charge in [0.2, 0.25) is 0 Å². The predicted octanol–water partition coefficient (Wildman–Crippen LogP) is 5.44. The molecule has 36 heavy (non-hydrogen) atoms. The first-order valence-corrected chi connectivity index (χ1v) is 13.1. The highest BCUT2D eigenvalue weighted by Crippen LogP contribution is 2.41. The lowest BCUT2D eigenvalue weighted by atomic mass is 10.0. The SMILES string of the molecule is CC1(C)O[C@H]2O[C@H]([C@@H]3CN=C(c4cccs4)C=C(c4ccccc4)O3)[C@H](OCc3ccccc3)[C@H]2O1. The summed E-state index contributed by atoms with van der Waals surface area (Å²) in [5.41, 5.74) is 2.98. The maximum absolute atomic E-state index is 6.64. The number of aliphatic imine (C=N–C) groups is 1. The summed E-state index contributed by atoms with van der Waals surface area (Å²) in [5.74, 6) is 0.0216. The highest BCUT2D eigenvalue weighted by atomic mass is 32.1. The summed E-state index contributed by atoms with van der Waals surface area (Å²) in [6, 6.07) is 24.3. The molecule has 2 aromatic carbocycles. The van der Waals surface area contributed by atoms with Crippen LogP contribution in [0.4, 0.5) is 0 Å². The van der Waals surface area contributed by atoms with E-state index in [-0.39, 0.29) is 18.3 Å². The number of benzene rings is 2. The Labute approximate surface area is 215 Å². The van der Waals surface area contributed by atoms with Crippen LogP contribution in [0.1, 0.15) is 29.9 Å². The first-order chi connectivity index (χ1) is 17.6. The fourth-order valence-corrected chi connectivity index (χ4v) is 5.56. The molecule has 5 atom stereocenters. The Hall–Kier alpha value is -2.81. The van der Waals surface area contributed by atoms with Gasteiger partial charge in [-0.2, -0.15) is 0 Å². The summed E-state index contributed by atoms with van der Waals surface area (Å²) < 4.78 is 31.9. The zero-order chi connectivity index (χ0) is 24.5. The van der Waals surface area contributed by atoms with Crippen molar-refractivity contribution in [3.8, 4) is 0 Å². The van der Waals surface area contributed by atoms with Gasteiger partial charge >= 0.3 is 0 Å². The third-order valence-electron chi connectivity index (χ3n) is 6.50. The van der Waals surface area contributed by atoms with Crippen molar-refractivity contribution in [2.24, 2.45) is 4.99 Å². The van der Waals surface area contributed by atoms with E-state index in [2.05, 4.69) is 11.4 Å². The Morgan fingerprint density at radius 3 is 2.47 bits per heavy atom. The lowest BCUT2D eigenvalue weighted by Gasteiger charge is -2.30. The van der Waals surface area contributed by atoms with E-state index in [0.717, 1.165) is 27.5 Å². The minimum absolute atomic E-state index is 0.356. The minimum atomic E-state index is -0.738. The molecule has 3 aromatic rings. The third-order valence-corrected chi connectivity index (χ3v) is 7.39. The van der Waals surface area contributed by atoms with Gasteiger partial charge in [0, 0.05) is 11.6 Å². The van der Waals surface area contributed by atoms with Gasteiger partial charge in [-0.1, -0.05) is 66.7 Å². The number of nitrogens with zero attached hydrogens (tertiary/aromatic N) is 1. The molecule has 1 aromatic heterocycles. The number of ether oxygens (including phenoxy) is 5. The quantitative estimate of drug-likeness (QED) is 0.448. The second kappa shape index (κ2) is 9.92. The van der Waals surface area contributed by atoms with Gasteiger partial charge in [0.05, 0.1) is 23.7 Å². The first-order valence-electron chi connectivity index (χ1n) is 12.2. The monoisotopic (exact) mass is 503 g/mol. The molecule has 2 fully saturated rings. The highest BCUT2D eigenvalue weighted by Gasteiger charge is 2.58. The highest BCUT2D eigenvalue weighted by molar-refractivity contribution is 7.12. The van der Waals surface area contributed by atoms with Gasteiger partial charge in [-0.05, 0) is 30.9 Å². The van der Waals surface area contributed by atoms with E-state index in [1.165, 1.54) is 0 Å². The normalized spacial score (nSPS) is 29.1. The van der Waals surface area contributed by atoms with Crippen LogP contribution in [0.15, 0.2) is 89.2 Å². The largest absolute Gasteiger partial charge is 0.485 e. The van der Waals surface area contributed by atoms with Gasteiger partial charge in [-0.15, -0.1) is 11.3 Å². The molecule has 4 heterocycles. The zero-order valence-corrected chi connectivity index (χ0v) is 21.1. The average Bonchev–Trinajstić information content (AvgIpc) is 3.55. The van der Waals surface area contributed by atoms with Crippen molar-refractivity contribution in [1.29, 1.82) is 0 Å². The molecule has 0 spiro atoms. The molecule has 0 saturated carbocycles. The minimum Gasteiger partial charge on any atom is -0.485 e. The Morgan fingerprint density at radius 2 is 1.72 bits per heavy atom. The van der Waals surface area contributed by atoms with Crippen LogP contribution in [0.2, 0.25) is 0 Å². The molecule has 0 radical (unpaired) electrons. The van der Waals surface area contributed by atoms with Crippen LogP contribution in [0, 0.1) is 0 Å². The summed E-state index contributed by atoms with van der Waals surface area (Å²) >= 11 is 1.66. The fraction of sp³-hybridized carbons (Fsp3) is 0.345. The van der Waals surface area contributed by atoms with Crippen molar-refractivity contribution < 1.29 is 23.7 Å². The predicted molar refractivity (Wildman–Crippen MR) is 139 cm³/mol. The Kier molecular flexibility index (Phi) is 6.50. The molecule has 0 amide bonds. The van der Waals surface area contributed by atoms with E-state index >= 15 is 0 Å². The molecule has 0 N–H and O–H groups in total. The topological polar surface area (TPSA) is 58.5 Å². The van der Waals surface area contributed by atoms with Crippen molar-refractivity contribution in [3.05, 3.63) is 100 Å². The van der Waals surface area contributed by atoms with E-state index in [1.807, 2.05) is 86.7 Å². The standard InChI is InChI=1S/C29H29NO5S/c1-29(2)34-27-26(31-18-19-10-5-3-6-11-19)25(33-28(27)35-29)23-17-30-21(24-14-9-15-36-24)16-22(32-23)20-12-7-4-8-13-20/h3-16,23,25-28H,17-18H2,1-2H3/t23-,25+,26-,27+,28+/m0/s1. The lowest BCUT2D eigenvalue weighted by Crippen LogP contribution is -2.44. The molecule has 0 unspecified atom stereocenters. The third kappa shape index (κ3) is 4.90. The van der Waals surface area contributed by atoms with E-state index < -0.39 is 18.2 Å². The Balaban J connectivity index is 1.30. The molecule has 6 rings (SSSR count). The molecule has 6 nitrogen and oxygen atoms in total. The molecule has 0 bridgehead atoms. The molecule has 0 aliphatic carbocycles. The average molecular weight is 504 g/mol. The second-order valence-corrected chi connectivity index (χ2v) is 10.5. The van der Waals surface area contributed by atoms with Crippen LogP contribution in [0.5, 0.6) is 0 Å². The van der Waals surface area contributed by atoms with Crippen molar-refractivity contribution in [3.63, 3.8) is 0 Å². The van der Waals surface area contributed by atoms with Gasteiger partial charge in [0.1, 0.15) is 30.2 Å². The molecule has 3 aliphatic rings. The molecule has 7 heteroatoms. The summed E-state index contributed by atoms with van der Waals surface area (Å²) in [6.07, 6.45) is -0.0353. The van der Waals surface area contributed by atoms with Crippen molar-refractivity contribution in [1.82, 2.24) is 0 Å². The lowest BCUT2D eigenvalue weighted by molar-refractivity contribution is -0.229. The molecular formula is C29H29NO5S. The van der Waals surface area contributed by atoms with Gasteiger partial charge in [-0.3, -0.25) is 4.99 Å². The molecule has 3 aliphatic heterocycles. The number of fused-ring (bicyclic) bond motifs is 1. The van der Waals surface area contributed by atoms with Crippen LogP contribution >= 0.6 is 11.3 Å². The number of thiophene rings is 1. The second-order valence-electron chi connectivity index (χ2n) is 9.56. The zero-order valence-electron chi connectivity index (χ0n) is 20.3. The van der Waals surface area contributed by atoms with E-state index in [1.54, 1.807) is 11.3 Å². The van der Waals surface area contributed by atoms with Crippen LogP contribution in [0.25, 0.3) is 5.76 Å². The molecule has 186 valence electrons. The smallest absolute Gasteiger partial charge is 0.190 e. The Bertz CT molecular complexity index is 1230. The van der Waals surface area contributed by atoms with Crippen molar-refractivity contribution in [2.75, 3.05) is 6.54 Å². The number of rotatable bonds is 6. The maximum atomic E-state index is 6.64. The number of allylic oxidation sites excluding steroid dienone is 1. The van der Waals surface area contributed by atoms with E-state index in [9.17, 15) is 0 Å². The fourth-order valence-electron chi connectivity index (χ4n) is 4.85. The molecular weight excluding hydrogens is 474 g/mol. The van der Waals surface area contributed by atoms with E-state index in [0.29, 0.717) is 13.2 Å². The van der Waals surface area contributed by atoms with Crippen LogP contribution in [-0.4, -0.2) is 48.7 Å². The maximum Gasteiger partial charge on any atom is 0.190 e. The number of hydrogen-bond donors (Lipinski definition) is 0. The summed E-state index contributed by atoms with van der Waals surface area (Å²) in [4.78, 5) is 6.05. The molecule has 2 saturated heterocycles. The van der Waals surface area contributed by atoms with Crippen LogP contribution < -0.4 is 0 Å². The van der Waals surface area contributed by atoms with Crippen LogP contribution in [-0.2, 0) is 30.3 Å². The van der Waals surface area contributed by atoms with Gasteiger partial charge in [-0.25, -0.2) is 0 Å². The van der Waals surface area contributed by atoms with Gasteiger partial charge in [0.25, 0.3) is 0 Å². The summed E-state index contributed by atoms with van der Waals surface area (Å²) in [5, 5.41) is 2.06. The van der Waals surface area contributed by atoms with Gasteiger partial charge in [0.15, 0.2) is 12.1 Å². The number of hydrogen-bond acceptors (Lipinski definition) is 7.